The summed E-state index contributed by atoms with van der Waals surface area (Å²) < 4.78 is 0. The zero-order chi connectivity index (χ0) is 15.1. The van der Waals surface area contributed by atoms with Gasteiger partial charge in [-0.05, 0) is 12.1 Å². The molecule has 0 aliphatic heterocycles. The van der Waals surface area contributed by atoms with Crippen LogP contribution >= 0.6 is 0 Å². The molecule has 2 amide bonds. The number of nitrogens with one attached hydrogen (secondary N) is 2. The summed E-state index contributed by atoms with van der Waals surface area (Å²) in [5.74, 6) is 0.0291. The molecule has 0 saturated heterocycles. The number of aliphatic carboxylic acids is 1. The van der Waals surface area contributed by atoms with E-state index in [4.69, 9.17) is 11.5 Å². The zero-order valence-corrected chi connectivity index (χ0v) is 10.8. The standard InChI is InChI=1S/C14H14N2O4/c1-3-6-12(14(19)20)16-13(18)10-7-4-5-8-11(10)15-9(2)17/h1,4-5,7-8,12H,6H2,2H3,(H,15,17)(H,16,18)(H,19,20)/t12-/m1/s1. The minimum Gasteiger partial charge on any atom is -0.480 e. The van der Waals surface area contributed by atoms with Crippen molar-refractivity contribution in [3.05, 3.63) is 29.8 Å². The second kappa shape index (κ2) is 6.95. The third-order valence-corrected chi connectivity index (χ3v) is 2.41. The van der Waals surface area contributed by atoms with Gasteiger partial charge in [-0.2, -0.15) is 0 Å². The lowest BCUT2D eigenvalue weighted by Crippen LogP contribution is -2.40. The molecule has 0 unspecified atom stereocenters. The lowest BCUT2D eigenvalue weighted by Gasteiger charge is -2.14. The van der Waals surface area contributed by atoms with Crippen molar-refractivity contribution in [1.29, 1.82) is 0 Å². The molecule has 0 heterocycles. The van der Waals surface area contributed by atoms with Gasteiger partial charge in [-0.3, -0.25) is 9.59 Å². The molecule has 104 valence electrons. The maximum Gasteiger partial charge on any atom is 0.327 e. The molecule has 0 aromatic heterocycles. The van der Waals surface area contributed by atoms with Crippen LogP contribution < -0.4 is 10.6 Å². The Morgan fingerprint density at radius 1 is 1.35 bits per heavy atom. The smallest absolute Gasteiger partial charge is 0.327 e. The van der Waals surface area contributed by atoms with Gasteiger partial charge in [-0.1, -0.05) is 12.1 Å². The predicted molar refractivity (Wildman–Crippen MR) is 73.1 cm³/mol. The number of rotatable bonds is 5. The average molecular weight is 274 g/mol. The number of carboxylic acid groups (broad SMARTS) is 1. The Labute approximate surface area is 116 Å². The van der Waals surface area contributed by atoms with Gasteiger partial charge in [0, 0.05) is 13.3 Å². The summed E-state index contributed by atoms with van der Waals surface area (Å²) in [6.45, 7) is 1.31. The molecular weight excluding hydrogens is 260 g/mol. The number of carbonyl (C=O) groups excluding carboxylic acids is 2. The van der Waals surface area contributed by atoms with E-state index < -0.39 is 17.9 Å². The number of carbonyl (C=O) groups is 3. The van der Waals surface area contributed by atoms with E-state index in [1.54, 1.807) is 18.2 Å². The highest BCUT2D eigenvalue weighted by Crippen LogP contribution is 2.15. The first-order valence-electron chi connectivity index (χ1n) is 5.79. The van der Waals surface area contributed by atoms with E-state index in [2.05, 4.69) is 16.6 Å². The summed E-state index contributed by atoms with van der Waals surface area (Å²) in [6, 6.07) is 5.12. The molecule has 1 aromatic carbocycles. The molecule has 0 bridgehead atoms. The maximum atomic E-state index is 12.0. The molecule has 6 nitrogen and oxygen atoms in total. The van der Waals surface area contributed by atoms with Gasteiger partial charge in [0.05, 0.1) is 11.3 Å². The van der Waals surface area contributed by atoms with Crippen molar-refractivity contribution in [1.82, 2.24) is 5.32 Å². The van der Waals surface area contributed by atoms with E-state index in [0.717, 1.165) is 0 Å². The molecule has 1 atom stereocenters. The molecule has 0 aliphatic rings. The summed E-state index contributed by atoms with van der Waals surface area (Å²) >= 11 is 0. The van der Waals surface area contributed by atoms with E-state index >= 15 is 0 Å². The van der Waals surface area contributed by atoms with Gasteiger partial charge >= 0.3 is 5.97 Å². The number of amides is 2. The fraction of sp³-hybridized carbons (Fsp3) is 0.214. The predicted octanol–water partition coefficient (Wildman–Crippen LogP) is 0.851. The Balaban J connectivity index is 2.94. The lowest BCUT2D eigenvalue weighted by molar-refractivity contribution is -0.139. The van der Waals surface area contributed by atoms with Crippen LogP contribution in [0.25, 0.3) is 0 Å². The van der Waals surface area contributed by atoms with Crippen LogP contribution in [0.2, 0.25) is 0 Å². The van der Waals surface area contributed by atoms with Crippen LogP contribution in [0.3, 0.4) is 0 Å². The van der Waals surface area contributed by atoms with Crippen LogP contribution in [0.4, 0.5) is 5.69 Å². The van der Waals surface area contributed by atoms with Crippen molar-refractivity contribution in [2.45, 2.75) is 19.4 Å². The van der Waals surface area contributed by atoms with E-state index in [1.165, 1.54) is 13.0 Å². The molecular formula is C14H14N2O4. The van der Waals surface area contributed by atoms with E-state index in [-0.39, 0.29) is 17.9 Å². The average Bonchev–Trinajstić information content (AvgIpc) is 2.37. The highest BCUT2D eigenvalue weighted by Gasteiger charge is 2.21. The normalized spacial score (nSPS) is 11.0. The van der Waals surface area contributed by atoms with E-state index in [1.807, 2.05) is 0 Å². The number of terminal acetylenes is 1. The summed E-state index contributed by atoms with van der Waals surface area (Å²) in [4.78, 5) is 34.0. The molecule has 0 spiro atoms. The van der Waals surface area contributed by atoms with Crippen LogP contribution in [0.5, 0.6) is 0 Å². The maximum absolute atomic E-state index is 12.0. The molecule has 1 aromatic rings. The van der Waals surface area contributed by atoms with Crippen molar-refractivity contribution in [2.75, 3.05) is 5.32 Å². The number of anilines is 1. The molecule has 6 heteroatoms. The van der Waals surface area contributed by atoms with E-state index in [0.29, 0.717) is 5.69 Å². The second-order valence-electron chi connectivity index (χ2n) is 4.00. The van der Waals surface area contributed by atoms with Gasteiger partial charge in [0.15, 0.2) is 0 Å². The zero-order valence-electron chi connectivity index (χ0n) is 10.8. The Kier molecular flexibility index (Phi) is 5.30. The molecule has 0 radical (unpaired) electrons. The van der Waals surface area contributed by atoms with Crippen LogP contribution in [0.1, 0.15) is 23.7 Å². The number of hydrogen-bond acceptors (Lipinski definition) is 3. The van der Waals surface area contributed by atoms with Crippen molar-refractivity contribution >= 4 is 23.5 Å². The highest BCUT2D eigenvalue weighted by molar-refractivity contribution is 6.04. The summed E-state index contributed by atoms with van der Waals surface area (Å²) in [5, 5.41) is 13.8. The minimum absolute atomic E-state index is 0.122. The van der Waals surface area contributed by atoms with E-state index in [9.17, 15) is 14.4 Å². The van der Waals surface area contributed by atoms with Gasteiger partial charge in [-0.15, -0.1) is 12.3 Å². The SMILES string of the molecule is C#CC[C@@H](NC(=O)c1ccccc1NC(C)=O)C(=O)O. The Bertz CT molecular complexity index is 575. The molecule has 0 fully saturated rings. The summed E-state index contributed by atoms with van der Waals surface area (Å²) in [5.41, 5.74) is 0.480. The minimum atomic E-state index is -1.21. The van der Waals surface area contributed by atoms with Gasteiger partial charge < -0.3 is 15.7 Å². The Morgan fingerprint density at radius 2 is 2.00 bits per heavy atom. The Morgan fingerprint density at radius 3 is 2.55 bits per heavy atom. The third-order valence-electron chi connectivity index (χ3n) is 2.41. The van der Waals surface area contributed by atoms with Gasteiger partial charge in [0.25, 0.3) is 5.91 Å². The highest BCUT2D eigenvalue weighted by atomic mass is 16.4. The van der Waals surface area contributed by atoms with Crippen molar-refractivity contribution in [3.63, 3.8) is 0 Å². The first-order chi connectivity index (χ1) is 9.45. The second-order valence-corrected chi connectivity index (χ2v) is 4.00. The molecule has 1 rings (SSSR count). The van der Waals surface area contributed by atoms with Crippen LogP contribution in [0, 0.1) is 12.3 Å². The van der Waals surface area contributed by atoms with Gasteiger partial charge in [0.2, 0.25) is 5.91 Å². The number of carboxylic acids is 1. The summed E-state index contributed by atoms with van der Waals surface area (Å²) in [7, 11) is 0. The summed E-state index contributed by atoms with van der Waals surface area (Å²) in [6.07, 6.45) is 4.93. The van der Waals surface area contributed by atoms with Crippen molar-refractivity contribution in [3.8, 4) is 12.3 Å². The number of benzene rings is 1. The largest absolute Gasteiger partial charge is 0.480 e. The quantitative estimate of drug-likeness (QED) is 0.694. The Hall–Kier alpha value is -2.81. The van der Waals surface area contributed by atoms with Crippen LogP contribution in [-0.4, -0.2) is 28.9 Å². The fourth-order valence-electron chi connectivity index (χ4n) is 1.53. The van der Waals surface area contributed by atoms with Crippen LogP contribution in [0.15, 0.2) is 24.3 Å². The first-order valence-corrected chi connectivity index (χ1v) is 5.79. The molecule has 0 saturated carbocycles. The molecule has 3 N–H and O–H groups in total. The molecule has 0 aliphatic carbocycles. The van der Waals surface area contributed by atoms with Crippen molar-refractivity contribution < 1.29 is 19.5 Å². The number of hydrogen-bond donors (Lipinski definition) is 3. The molecule has 20 heavy (non-hydrogen) atoms. The van der Waals surface area contributed by atoms with Gasteiger partial charge in [-0.25, -0.2) is 4.79 Å². The first kappa shape index (κ1) is 15.2. The fourth-order valence-corrected chi connectivity index (χ4v) is 1.53. The van der Waals surface area contributed by atoms with Gasteiger partial charge in [0.1, 0.15) is 6.04 Å². The topological polar surface area (TPSA) is 95.5 Å². The van der Waals surface area contributed by atoms with Crippen LogP contribution in [-0.2, 0) is 9.59 Å². The monoisotopic (exact) mass is 274 g/mol. The third kappa shape index (κ3) is 4.14. The number of para-hydroxylation sites is 1. The lowest BCUT2D eigenvalue weighted by atomic mass is 10.1. The van der Waals surface area contributed by atoms with Crippen molar-refractivity contribution in [2.24, 2.45) is 0 Å².